The van der Waals surface area contributed by atoms with Crippen LogP contribution in [0.4, 0.5) is 0 Å². The van der Waals surface area contributed by atoms with Crippen molar-refractivity contribution in [3.63, 3.8) is 0 Å². The number of nitrogens with zero attached hydrogens (tertiary/aromatic N) is 1. The number of carbonyl (C=O) groups is 1. The number of aliphatic hydroxyl groups excluding tert-OH is 1. The van der Waals surface area contributed by atoms with Crippen LogP contribution in [0.5, 0.6) is 0 Å². The summed E-state index contributed by atoms with van der Waals surface area (Å²) >= 11 is 0. The first-order valence-corrected chi connectivity index (χ1v) is 9.75. The third-order valence-corrected chi connectivity index (χ3v) is 7.13. The van der Waals surface area contributed by atoms with Crippen molar-refractivity contribution >= 4 is 16.9 Å². The molecule has 3 aliphatic rings. The van der Waals surface area contributed by atoms with E-state index < -0.39 is 11.6 Å². The first kappa shape index (κ1) is 16.3. The summed E-state index contributed by atoms with van der Waals surface area (Å²) in [6.07, 6.45) is 2.89. The van der Waals surface area contributed by atoms with Gasteiger partial charge < -0.3 is 19.7 Å². The van der Waals surface area contributed by atoms with Gasteiger partial charge >= 0.3 is 5.97 Å². The number of methoxy groups -OCH3 is 1. The topological polar surface area (TPSA) is 63.5 Å². The lowest BCUT2D eigenvalue weighted by atomic mass is 9.57. The summed E-state index contributed by atoms with van der Waals surface area (Å²) in [5, 5.41) is 16.1. The van der Waals surface area contributed by atoms with Gasteiger partial charge in [0, 0.05) is 23.0 Å². The second-order valence-electron chi connectivity index (χ2n) is 8.14. The molecule has 26 heavy (non-hydrogen) atoms. The van der Waals surface area contributed by atoms with E-state index in [1.54, 1.807) is 0 Å². The Labute approximate surface area is 153 Å². The van der Waals surface area contributed by atoms with Crippen LogP contribution in [0.3, 0.4) is 0 Å². The number of esters is 1. The van der Waals surface area contributed by atoms with Crippen LogP contribution in [0.15, 0.2) is 24.3 Å². The highest BCUT2D eigenvalue weighted by Crippen LogP contribution is 2.56. The van der Waals surface area contributed by atoms with E-state index in [1.165, 1.54) is 12.7 Å². The Morgan fingerprint density at radius 1 is 1.42 bits per heavy atom. The normalized spacial score (nSPS) is 35.2. The minimum absolute atomic E-state index is 0.0630. The molecule has 2 bridgehead atoms. The van der Waals surface area contributed by atoms with Crippen molar-refractivity contribution in [1.82, 2.24) is 9.88 Å². The molecule has 1 aromatic heterocycles. The van der Waals surface area contributed by atoms with Crippen LogP contribution in [0.2, 0.25) is 0 Å². The van der Waals surface area contributed by atoms with Gasteiger partial charge in [0.15, 0.2) is 0 Å². The van der Waals surface area contributed by atoms with Gasteiger partial charge in [-0.15, -0.1) is 0 Å². The molecule has 1 aliphatic carbocycles. The van der Waals surface area contributed by atoms with Crippen molar-refractivity contribution in [1.29, 1.82) is 0 Å². The molecular weight excluding hydrogens is 328 g/mol. The molecule has 2 aliphatic heterocycles. The number of benzene rings is 1. The lowest BCUT2D eigenvalue weighted by Crippen LogP contribution is -2.63. The molecule has 1 aromatic carbocycles. The molecule has 3 heterocycles. The van der Waals surface area contributed by atoms with E-state index in [0.29, 0.717) is 12.3 Å². The highest BCUT2D eigenvalue weighted by Gasteiger charge is 2.62. The second-order valence-corrected chi connectivity index (χ2v) is 8.14. The molecule has 5 heteroatoms. The number of carbonyl (C=O) groups excluding carboxylic acids is 1. The predicted molar refractivity (Wildman–Crippen MR) is 98.9 cm³/mol. The van der Waals surface area contributed by atoms with Crippen molar-refractivity contribution in [3.05, 3.63) is 35.5 Å². The molecular formula is C21H26N2O3. The van der Waals surface area contributed by atoms with Crippen molar-refractivity contribution in [2.75, 3.05) is 13.7 Å². The molecule has 138 valence electrons. The van der Waals surface area contributed by atoms with Gasteiger partial charge in [0.1, 0.15) is 11.6 Å². The second kappa shape index (κ2) is 5.57. The summed E-state index contributed by atoms with van der Waals surface area (Å²) in [4.78, 5) is 13.3. The summed E-state index contributed by atoms with van der Waals surface area (Å²) in [5.74, 6) is 0.281. The van der Waals surface area contributed by atoms with E-state index in [0.717, 1.165) is 42.4 Å². The average molecular weight is 354 g/mol. The fraction of sp³-hybridized carbons (Fsp3) is 0.571. The Morgan fingerprint density at radius 2 is 2.23 bits per heavy atom. The molecule has 1 fully saturated rings. The Morgan fingerprint density at radius 3 is 3.00 bits per heavy atom. The van der Waals surface area contributed by atoms with Crippen molar-refractivity contribution < 1.29 is 14.6 Å². The number of fused-ring (bicyclic) bond motifs is 4. The van der Waals surface area contributed by atoms with E-state index in [-0.39, 0.29) is 17.9 Å². The molecule has 2 aromatic rings. The van der Waals surface area contributed by atoms with Gasteiger partial charge in [-0.1, -0.05) is 31.5 Å². The number of rotatable bonds is 2. The molecule has 5 rings (SSSR count). The third-order valence-electron chi connectivity index (χ3n) is 7.13. The van der Waals surface area contributed by atoms with Crippen molar-refractivity contribution in [2.24, 2.45) is 11.8 Å². The number of hydrogen-bond acceptors (Lipinski definition) is 4. The highest BCUT2D eigenvalue weighted by molar-refractivity contribution is 5.92. The number of aromatic nitrogens is 1. The molecule has 0 amide bonds. The molecule has 0 spiro atoms. The van der Waals surface area contributed by atoms with Crippen LogP contribution in [-0.4, -0.2) is 35.3 Å². The largest absolute Gasteiger partial charge is 0.468 e. The van der Waals surface area contributed by atoms with E-state index in [9.17, 15) is 9.90 Å². The fourth-order valence-electron chi connectivity index (χ4n) is 6.16. The third kappa shape index (κ3) is 1.80. The summed E-state index contributed by atoms with van der Waals surface area (Å²) < 4.78 is 7.45. The minimum Gasteiger partial charge on any atom is -0.468 e. The fourth-order valence-corrected chi connectivity index (χ4v) is 6.16. The van der Waals surface area contributed by atoms with Gasteiger partial charge in [-0.2, -0.15) is 0 Å². The molecule has 1 saturated carbocycles. The highest BCUT2D eigenvalue weighted by atomic mass is 16.5. The Kier molecular flexibility index (Phi) is 3.50. The Hall–Kier alpha value is -1.85. The van der Waals surface area contributed by atoms with Crippen molar-refractivity contribution in [2.45, 2.75) is 50.3 Å². The van der Waals surface area contributed by atoms with Crippen LogP contribution in [-0.2, 0) is 21.4 Å². The zero-order chi connectivity index (χ0) is 18.1. The maximum Gasteiger partial charge on any atom is 0.319 e. The summed E-state index contributed by atoms with van der Waals surface area (Å²) in [6, 6.07) is 8.30. The molecule has 0 unspecified atom stereocenters. The van der Waals surface area contributed by atoms with Gasteiger partial charge in [-0.3, -0.25) is 4.79 Å². The zero-order valence-corrected chi connectivity index (χ0v) is 15.4. The number of aliphatic hydroxyl groups is 1. The van der Waals surface area contributed by atoms with Crippen LogP contribution in [0.25, 0.3) is 10.9 Å². The van der Waals surface area contributed by atoms with Crippen LogP contribution in [0.1, 0.15) is 43.7 Å². The smallest absolute Gasteiger partial charge is 0.319 e. The maximum atomic E-state index is 13.3. The predicted octanol–water partition coefficient (Wildman–Crippen LogP) is 2.51. The number of para-hydroxylation sites is 1. The number of nitrogens with one attached hydrogen (secondary N) is 1. The molecule has 0 saturated heterocycles. The van der Waals surface area contributed by atoms with Gasteiger partial charge in [0.2, 0.25) is 0 Å². The molecule has 0 radical (unpaired) electrons. The first-order valence-electron chi connectivity index (χ1n) is 9.75. The number of hydrogen-bond donors (Lipinski definition) is 2. The summed E-state index contributed by atoms with van der Waals surface area (Å²) in [5.41, 5.74) is 2.54. The van der Waals surface area contributed by atoms with E-state index in [2.05, 4.69) is 28.9 Å². The molecule has 5 nitrogen and oxygen atoms in total. The van der Waals surface area contributed by atoms with Gasteiger partial charge in [-0.25, -0.2) is 0 Å². The van der Waals surface area contributed by atoms with E-state index in [4.69, 9.17) is 4.74 Å². The van der Waals surface area contributed by atoms with E-state index in [1.807, 2.05) is 12.1 Å². The van der Waals surface area contributed by atoms with Crippen LogP contribution < -0.4 is 5.32 Å². The molecule has 2 N–H and O–H groups in total. The number of ether oxygens (including phenoxy) is 1. The lowest BCUT2D eigenvalue weighted by Gasteiger charge is -2.53. The summed E-state index contributed by atoms with van der Waals surface area (Å²) in [7, 11) is 1.49. The quantitative estimate of drug-likeness (QED) is 0.814. The summed E-state index contributed by atoms with van der Waals surface area (Å²) in [6.45, 7) is 3.04. The maximum absolute atomic E-state index is 13.3. The van der Waals surface area contributed by atoms with Crippen LogP contribution >= 0.6 is 0 Å². The van der Waals surface area contributed by atoms with Crippen molar-refractivity contribution in [3.8, 4) is 0 Å². The average Bonchev–Trinajstić information content (AvgIpc) is 2.89. The van der Waals surface area contributed by atoms with Gasteiger partial charge in [0.25, 0.3) is 0 Å². The Balaban J connectivity index is 1.91. The zero-order valence-electron chi connectivity index (χ0n) is 15.4. The molecule has 5 atom stereocenters. The first-order chi connectivity index (χ1) is 12.6. The standard InChI is InChI=1S/C21H26N2O3/c1-3-12-10-13-11-21(20(25)26-2)17(12)22-9-8-15-14-6-4-5-7-16(14)23(18(15)21)19(13)24/h4-7,12-13,17,19,22,24H,3,8-11H2,1-2H3/t12-,13+,17+,19+,21-/m0/s1. The monoisotopic (exact) mass is 354 g/mol. The Bertz CT molecular complexity index is 889. The van der Waals surface area contributed by atoms with E-state index >= 15 is 0 Å². The van der Waals surface area contributed by atoms with Gasteiger partial charge in [-0.05, 0) is 43.4 Å². The van der Waals surface area contributed by atoms with Crippen LogP contribution in [0, 0.1) is 11.8 Å². The minimum atomic E-state index is -0.706. The van der Waals surface area contributed by atoms with Gasteiger partial charge in [0.05, 0.1) is 12.6 Å². The lowest BCUT2D eigenvalue weighted by molar-refractivity contribution is -0.158. The SMILES string of the molecule is CC[C@H]1C[C@@H]2C[C@@]3(C(=O)OC)c4c(c5ccccc5n4[C@@H]2O)CCN[C@H]13.